The van der Waals surface area contributed by atoms with Crippen LogP contribution in [0.15, 0.2) is 200 Å². The zero-order valence-electron chi connectivity index (χ0n) is 36.3. The van der Waals surface area contributed by atoms with Crippen molar-refractivity contribution >= 4 is 32.6 Å². The van der Waals surface area contributed by atoms with Gasteiger partial charge in [-0.3, -0.25) is 0 Å². The van der Waals surface area contributed by atoms with Crippen molar-refractivity contribution in [2.45, 2.75) is 0 Å². The van der Waals surface area contributed by atoms with Gasteiger partial charge in [0.1, 0.15) is 0 Å². The minimum atomic E-state index is -0.475. The number of hydrogen-bond donors (Lipinski definition) is 0. The van der Waals surface area contributed by atoms with E-state index in [1.54, 1.807) is 10.6 Å². The van der Waals surface area contributed by atoms with E-state index in [2.05, 4.69) is 54.6 Å². The van der Waals surface area contributed by atoms with Gasteiger partial charge in [0.15, 0.2) is 5.82 Å². The standard InChI is InChI=1S/C50H33N3/c1-3-14-34(15-4-1)35-26-28-36(29-27-35)46-33-47(52-50(51-46)37-16-5-2-6-17-37)43-31-30-40(41-20-7-8-21-42(41)43)38-18-13-19-39(32-38)53-48-24-11-9-22-44(48)45-23-10-12-25-49(45)53/h1-33H/i9D,10D,11D,12D,22D,23D,24D,25D. The van der Waals surface area contributed by atoms with Gasteiger partial charge in [0, 0.05) is 33.2 Å². The Hall–Kier alpha value is -7.10. The Balaban J connectivity index is 1.15. The quantitative estimate of drug-likeness (QED) is 0.175. The van der Waals surface area contributed by atoms with Crippen LogP contribution in [0.3, 0.4) is 0 Å². The lowest BCUT2D eigenvalue weighted by Crippen LogP contribution is -1.97. The number of aromatic nitrogens is 3. The molecule has 2 heterocycles. The molecule has 0 saturated carbocycles. The Morgan fingerprint density at radius 1 is 0.377 bits per heavy atom. The molecule has 53 heavy (non-hydrogen) atoms. The highest BCUT2D eigenvalue weighted by molar-refractivity contribution is 6.09. The molecule has 248 valence electrons. The van der Waals surface area contributed by atoms with Gasteiger partial charge in [-0.05, 0) is 63.3 Å². The molecule has 10 rings (SSSR count). The first-order chi connectivity index (χ1) is 29.6. The Kier molecular flexibility index (Phi) is 5.69. The molecule has 0 atom stereocenters. The van der Waals surface area contributed by atoms with Gasteiger partial charge in [0.2, 0.25) is 0 Å². The molecular formula is C50H33N3. The van der Waals surface area contributed by atoms with Gasteiger partial charge in [-0.15, -0.1) is 0 Å². The van der Waals surface area contributed by atoms with Crippen molar-refractivity contribution < 1.29 is 11.0 Å². The Morgan fingerprint density at radius 2 is 0.906 bits per heavy atom. The van der Waals surface area contributed by atoms with Crippen molar-refractivity contribution in [3.8, 4) is 61.8 Å². The van der Waals surface area contributed by atoms with E-state index in [0.29, 0.717) is 11.5 Å². The molecule has 0 unspecified atom stereocenters. The topological polar surface area (TPSA) is 30.7 Å². The molecule has 0 N–H and O–H groups in total. The average molecular weight is 684 g/mol. The van der Waals surface area contributed by atoms with Crippen LogP contribution in [0.25, 0.3) is 94.4 Å². The van der Waals surface area contributed by atoms with Gasteiger partial charge in [-0.1, -0.05) is 170 Å². The maximum atomic E-state index is 8.97. The molecular weight excluding hydrogens is 643 g/mol. The largest absolute Gasteiger partial charge is 0.309 e. The van der Waals surface area contributed by atoms with Gasteiger partial charge in [0.05, 0.1) is 33.4 Å². The molecule has 3 nitrogen and oxygen atoms in total. The van der Waals surface area contributed by atoms with E-state index in [4.69, 9.17) is 20.9 Å². The average Bonchev–Trinajstić information content (AvgIpc) is 3.68. The van der Waals surface area contributed by atoms with Crippen LogP contribution in [0.5, 0.6) is 0 Å². The zero-order chi connectivity index (χ0) is 42.1. The fraction of sp³-hybridized carbons (Fsp3) is 0. The van der Waals surface area contributed by atoms with E-state index in [0.717, 1.165) is 61.1 Å². The van der Waals surface area contributed by atoms with Gasteiger partial charge < -0.3 is 4.57 Å². The molecule has 0 amide bonds. The Bertz CT molecular complexity index is 3310. The summed E-state index contributed by atoms with van der Waals surface area (Å²) >= 11 is 0. The van der Waals surface area contributed by atoms with Crippen LogP contribution in [0.4, 0.5) is 0 Å². The summed E-state index contributed by atoms with van der Waals surface area (Å²) in [5, 5.41) is 1.98. The normalized spacial score (nSPS) is 13.5. The summed E-state index contributed by atoms with van der Waals surface area (Å²) in [5.74, 6) is 0.600. The molecule has 0 aliphatic heterocycles. The highest BCUT2D eigenvalue weighted by atomic mass is 15.0. The maximum absolute atomic E-state index is 8.97. The molecule has 8 aromatic carbocycles. The first-order valence-electron chi connectivity index (χ1n) is 21.3. The summed E-state index contributed by atoms with van der Waals surface area (Å²) in [4.78, 5) is 10.2. The number of rotatable bonds is 6. The zero-order valence-corrected chi connectivity index (χ0v) is 28.3. The Labute approximate surface area is 319 Å². The van der Waals surface area contributed by atoms with Crippen molar-refractivity contribution in [2.75, 3.05) is 0 Å². The van der Waals surface area contributed by atoms with Crippen LogP contribution in [-0.2, 0) is 0 Å². The molecule has 0 saturated heterocycles. The predicted octanol–water partition coefficient (Wildman–Crippen LogP) is 13.1. The van der Waals surface area contributed by atoms with Crippen molar-refractivity contribution in [3.63, 3.8) is 0 Å². The maximum Gasteiger partial charge on any atom is 0.160 e. The Morgan fingerprint density at radius 3 is 1.60 bits per heavy atom. The summed E-state index contributed by atoms with van der Waals surface area (Å²) < 4.78 is 71.1. The summed E-state index contributed by atoms with van der Waals surface area (Å²) in [6.45, 7) is 0. The summed E-state index contributed by atoms with van der Waals surface area (Å²) in [6.07, 6.45) is 0. The lowest BCUT2D eigenvalue weighted by atomic mass is 9.93. The third-order valence-electron chi connectivity index (χ3n) is 9.69. The predicted molar refractivity (Wildman–Crippen MR) is 221 cm³/mol. The van der Waals surface area contributed by atoms with Crippen LogP contribution in [0, 0.1) is 0 Å². The van der Waals surface area contributed by atoms with Gasteiger partial charge >= 0.3 is 0 Å². The smallest absolute Gasteiger partial charge is 0.160 e. The summed E-state index contributed by atoms with van der Waals surface area (Å²) in [6, 6.07) is 47.0. The third-order valence-corrected chi connectivity index (χ3v) is 9.69. The fourth-order valence-corrected chi connectivity index (χ4v) is 7.18. The second-order valence-electron chi connectivity index (χ2n) is 12.8. The molecule has 0 fully saturated rings. The minimum absolute atomic E-state index is 0.0411. The first kappa shape index (κ1) is 23.4. The highest BCUT2D eigenvalue weighted by Gasteiger charge is 2.16. The van der Waals surface area contributed by atoms with E-state index in [-0.39, 0.29) is 46.0 Å². The first-order valence-corrected chi connectivity index (χ1v) is 17.3. The van der Waals surface area contributed by atoms with Crippen LogP contribution in [-0.4, -0.2) is 14.5 Å². The molecule has 0 bridgehead atoms. The minimum Gasteiger partial charge on any atom is -0.309 e. The second kappa shape index (κ2) is 12.9. The number of nitrogens with zero attached hydrogens (tertiary/aromatic N) is 3. The molecule has 2 aromatic heterocycles. The monoisotopic (exact) mass is 683 g/mol. The molecule has 10 aromatic rings. The molecule has 0 aliphatic rings. The molecule has 3 heteroatoms. The van der Waals surface area contributed by atoms with Gasteiger partial charge in [0.25, 0.3) is 0 Å². The molecule has 0 radical (unpaired) electrons. The van der Waals surface area contributed by atoms with E-state index >= 15 is 0 Å². The SMILES string of the molecule is [2H]c1c([2H])c([2H])c2c(c1[2H])c1c([2H])c([2H])c([2H])c([2H])c1n2-c1cccc(-c2ccc(-c3cc(-c4ccc(-c5ccccc5)cc4)nc(-c4ccccc4)n3)c3ccccc23)c1. The lowest BCUT2D eigenvalue weighted by Gasteiger charge is -2.15. The summed E-state index contributed by atoms with van der Waals surface area (Å²) in [5.41, 5.74) is 8.86. The van der Waals surface area contributed by atoms with Crippen molar-refractivity contribution in [1.82, 2.24) is 14.5 Å². The van der Waals surface area contributed by atoms with Crippen molar-refractivity contribution in [1.29, 1.82) is 0 Å². The molecule has 0 aliphatic carbocycles. The van der Waals surface area contributed by atoms with E-state index in [1.807, 2.05) is 91.0 Å². The third kappa shape index (κ3) is 5.47. The summed E-state index contributed by atoms with van der Waals surface area (Å²) in [7, 11) is 0. The van der Waals surface area contributed by atoms with Crippen molar-refractivity contribution in [2.24, 2.45) is 0 Å². The van der Waals surface area contributed by atoms with E-state index in [9.17, 15) is 0 Å². The highest BCUT2D eigenvalue weighted by Crippen LogP contribution is 2.39. The number of benzene rings is 8. The van der Waals surface area contributed by atoms with E-state index in [1.165, 1.54) is 0 Å². The van der Waals surface area contributed by atoms with Crippen LogP contribution < -0.4 is 0 Å². The van der Waals surface area contributed by atoms with E-state index < -0.39 is 24.2 Å². The lowest BCUT2D eigenvalue weighted by molar-refractivity contribution is 1.18. The number of fused-ring (bicyclic) bond motifs is 4. The number of para-hydroxylation sites is 2. The van der Waals surface area contributed by atoms with Crippen LogP contribution >= 0.6 is 0 Å². The van der Waals surface area contributed by atoms with Gasteiger partial charge in [-0.25, -0.2) is 9.97 Å². The fourth-order valence-electron chi connectivity index (χ4n) is 7.18. The van der Waals surface area contributed by atoms with Gasteiger partial charge in [-0.2, -0.15) is 0 Å². The van der Waals surface area contributed by atoms with Crippen LogP contribution in [0.2, 0.25) is 0 Å². The second-order valence-corrected chi connectivity index (χ2v) is 12.8. The molecule has 0 spiro atoms. The van der Waals surface area contributed by atoms with Crippen LogP contribution in [0.1, 0.15) is 11.0 Å². The number of hydrogen-bond acceptors (Lipinski definition) is 2. The van der Waals surface area contributed by atoms with Crippen molar-refractivity contribution in [3.05, 3.63) is 200 Å².